The van der Waals surface area contributed by atoms with Crippen molar-refractivity contribution >= 4 is 0 Å². The van der Waals surface area contributed by atoms with E-state index in [2.05, 4.69) is 18.7 Å². The van der Waals surface area contributed by atoms with E-state index in [1.807, 2.05) is 0 Å². The zero-order chi connectivity index (χ0) is 11.3. The van der Waals surface area contributed by atoms with Gasteiger partial charge in [-0.05, 0) is 38.6 Å². The van der Waals surface area contributed by atoms with Crippen molar-refractivity contribution in [3.8, 4) is 0 Å². The highest BCUT2D eigenvalue weighted by Crippen LogP contribution is 2.32. The Labute approximate surface area is 94.0 Å². The fourth-order valence-electron chi connectivity index (χ4n) is 2.05. The minimum atomic E-state index is 0.118. The van der Waals surface area contributed by atoms with Crippen LogP contribution in [0.4, 0.5) is 0 Å². The van der Waals surface area contributed by atoms with Crippen molar-refractivity contribution in [1.29, 1.82) is 0 Å². The van der Waals surface area contributed by atoms with Crippen LogP contribution in [0.25, 0.3) is 0 Å². The second-order valence-electron chi connectivity index (χ2n) is 4.93. The molecule has 0 heterocycles. The van der Waals surface area contributed by atoms with Gasteiger partial charge in [-0.15, -0.1) is 0 Å². The first-order chi connectivity index (χ1) is 7.16. The molecule has 1 saturated carbocycles. The molecular weight excluding hydrogens is 188 g/mol. The van der Waals surface area contributed by atoms with Crippen LogP contribution in [0, 0.1) is 5.92 Å². The summed E-state index contributed by atoms with van der Waals surface area (Å²) in [4.78, 5) is 2.53. The fourth-order valence-corrected chi connectivity index (χ4v) is 2.05. The number of nitrogens with zero attached hydrogens (tertiary/aromatic N) is 1. The smallest absolute Gasteiger partial charge is 0.0480 e. The number of hydrogen-bond acceptors (Lipinski definition) is 3. The molecule has 90 valence electrons. The summed E-state index contributed by atoms with van der Waals surface area (Å²) >= 11 is 0. The van der Waals surface area contributed by atoms with Crippen LogP contribution < -0.4 is 5.73 Å². The predicted molar refractivity (Wildman–Crippen MR) is 63.9 cm³/mol. The molecule has 0 aromatic heterocycles. The van der Waals surface area contributed by atoms with Gasteiger partial charge in [0.05, 0.1) is 0 Å². The average molecular weight is 214 g/mol. The quantitative estimate of drug-likeness (QED) is 0.665. The van der Waals surface area contributed by atoms with Gasteiger partial charge in [-0.25, -0.2) is 0 Å². The van der Waals surface area contributed by atoms with Crippen LogP contribution in [-0.4, -0.2) is 43.8 Å². The summed E-state index contributed by atoms with van der Waals surface area (Å²) in [6.45, 7) is 8.31. The molecule has 3 nitrogen and oxygen atoms in total. The molecule has 0 amide bonds. The maximum atomic E-state index is 5.92. The molecule has 0 aliphatic heterocycles. The molecule has 2 N–H and O–H groups in total. The predicted octanol–water partition coefficient (Wildman–Crippen LogP) is 1.47. The summed E-state index contributed by atoms with van der Waals surface area (Å²) in [7, 11) is 1.76. The Morgan fingerprint density at radius 2 is 2.13 bits per heavy atom. The molecule has 0 spiro atoms. The van der Waals surface area contributed by atoms with E-state index in [-0.39, 0.29) is 5.54 Å². The topological polar surface area (TPSA) is 38.5 Å². The van der Waals surface area contributed by atoms with Gasteiger partial charge < -0.3 is 10.5 Å². The molecule has 1 rings (SSSR count). The molecule has 15 heavy (non-hydrogen) atoms. The highest BCUT2D eigenvalue weighted by atomic mass is 16.5. The van der Waals surface area contributed by atoms with Crippen LogP contribution in [0.3, 0.4) is 0 Å². The number of methoxy groups -OCH3 is 1. The van der Waals surface area contributed by atoms with Gasteiger partial charge in [-0.2, -0.15) is 0 Å². The average Bonchev–Trinajstić information content (AvgIpc) is 3.06. The van der Waals surface area contributed by atoms with Crippen molar-refractivity contribution in [3.63, 3.8) is 0 Å². The lowest BCUT2D eigenvalue weighted by molar-refractivity contribution is 0.0688. The molecule has 0 bridgehead atoms. The Kier molecular flexibility index (Phi) is 5.03. The maximum absolute atomic E-state index is 5.92. The van der Waals surface area contributed by atoms with E-state index in [9.17, 15) is 0 Å². The third kappa shape index (κ3) is 3.74. The van der Waals surface area contributed by atoms with Crippen molar-refractivity contribution in [2.75, 3.05) is 33.4 Å². The van der Waals surface area contributed by atoms with Crippen LogP contribution in [-0.2, 0) is 4.74 Å². The van der Waals surface area contributed by atoms with Gasteiger partial charge in [-0.3, -0.25) is 4.90 Å². The zero-order valence-corrected chi connectivity index (χ0v) is 10.5. The van der Waals surface area contributed by atoms with Crippen molar-refractivity contribution in [1.82, 2.24) is 4.90 Å². The normalized spacial score (nSPS) is 20.6. The van der Waals surface area contributed by atoms with E-state index in [1.54, 1.807) is 7.11 Å². The molecule has 1 fully saturated rings. The van der Waals surface area contributed by atoms with Crippen LogP contribution >= 0.6 is 0 Å². The number of hydrogen-bond donors (Lipinski definition) is 1. The third-order valence-electron chi connectivity index (χ3n) is 3.61. The van der Waals surface area contributed by atoms with Gasteiger partial charge in [0.25, 0.3) is 0 Å². The third-order valence-corrected chi connectivity index (χ3v) is 3.61. The van der Waals surface area contributed by atoms with Crippen molar-refractivity contribution < 1.29 is 4.74 Å². The molecule has 0 saturated heterocycles. The monoisotopic (exact) mass is 214 g/mol. The van der Waals surface area contributed by atoms with Crippen LogP contribution in [0.5, 0.6) is 0 Å². The molecular formula is C12H26N2O. The highest BCUT2D eigenvalue weighted by molar-refractivity contribution is 4.90. The summed E-state index contributed by atoms with van der Waals surface area (Å²) in [5.41, 5.74) is 6.04. The second kappa shape index (κ2) is 5.83. The van der Waals surface area contributed by atoms with Crippen LogP contribution in [0.15, 0.2) is 0 Å². The van der Waals surface area contributed by atoms with Gasteiger partial charge in [0.1, 0.15) is 0 Å². The maximum Gasteiger partial charge on any atom is 0.0480 e. The summed E-state index contributed by atoms with van der Waals surface area (Å²) in [5, 5.41) is 0. The van der Waals surface area contributed by atoms with Crippen molar-refractivity contribution in [2.24, 2.45) is 11.7 Å². The molecule has 1 aliphatic rings. The lowest BCUT2D eigenvalue weighted by atomic mass is 9.95. The number of ether oxygens (including phenoxy) is 1. The Morgan fingerprint density at radius 3 is 2.53 bits per heavy atom. The van der Waals surface area contributed by atoms with E-state index >= 15 is 0 Å². The van der Waals surface area contributed by atoms with E-state index in [4.69, 9.17) is 10.5 Å². The minimum absolute atomic E-state index is 0.118. The van der Waals surface area contributed by atoms with Crippen LogP contribution in [0.1, 0.15) is 33.1 Å². The summed E-state index contributed by atoms with van der Waals surface area (Å²) in [6.07, 6.45) is 3.84. The number of nitrogens with two attached hydrogens (primary N) is 1. The van der Waals surface area contributed by atoms with Crippen molar-refractivity contribution in [2.45, 2.75) is 38.6 Å². The molecule has 1 aliphatic carbocycles. The largest absolute Gasteiger partial charge is 0.385 e. The van der Waals surface area contributed by atoms with E-state index in [0.717, 1.165) is 32.0 Å². The molecule has 0 radical (unpaired) electrons. The van der Waals surface area contributed by atoms with Gasteiger partial charge in [0.15, 0.2) is 0 Å². The van der Waals surface area contributed by atoms with Gasteiger partial charge in [0, 0.05) is 32.3 Å². The fraction of sp³-hybridized carbons (Fsp3) is 1.00. The van der Waals surface area contributed by atoms with E-state index in [0.29, 0.717) is 0 Å². The molecule has 1 unspecified atom stereocenters. The Bertz CT molecular complexity index is 182. The first kappa shape index (κ1) is 12.9. The first-order valence-corrected chi connectivity index (χ1v) is 6.10. The number of likely N-dealkylation sites (N-methyl/N-ethyl adjacent to an activating group) is 1. The summed E-state index contributed by atoms with van der Waals surface area (Å²) in [5.74, 6) is 0.929. The Hall–Kier alpha value is -0.120. The SMILES string of the molecule is CCN(CC1CC1)C(C)(CN)CCOC. The van der Waals surface area contributed by atoms with Crippen LogP contribution in [0.2, 0.25) is 0 Å². The minimum Gasteiger partial charge on any atom is -0.385 e. The van der Waals surface area contributed by atoms with Gasteiger partial charge >= 0.3 is 0 Å². The Balaban J connectivity index is 2.49. The lowest BCUT2D eigenvalue weighted by Crippen LogP contribution is -2.53. The highest BCUT2D eigenvalue weighted by Gasteiger charge is 2.33. The Morgan fingerprint density at radius 1 is 1.47 bits per heavy atom. The van der Waals surface area contributed by atoms with E-state index < -0.39 is 0 Å². The lowest BCUT2D eigenvalue weighted by Gasteiger charge is -2.40. The molecule has 0 aromatic carbocycles. The van der Waals surface area contributed by atoms with Crippen molar-refractivity contribution in [3.05, 3.63) is 0 Å². The molecule has 3 heteroatoms. The van der Waals surface area contributed by atoms with Gasteiger partial charge in [-0.1, -0.05) is 6.92 Å². The standard InChI is InChI=1S/C12H26N2O/c1-4-14(9-11-5-6-11)12(2,10-13)7-8-15-3/h11H,4-10,13H2,1-3H3. The van der Waals surface area contributed by atoms with E-state index in [1.165, 1.54) is 19.4 Å². The molecule has 1 atom stereocenters. The van der Waals surface area contributed by atoms with Gasteiger partial charge in [0.2, 0.25) is 0 Å². The molecule has 0 aromatic rings. The summed E-state index contributed by atoms with van der Waals surface area (Å²) in [6, 6.07) is 0. The summed E-state index contributed by atoms with van der Waals surface area (Å²) < 4.78 is 5.17. The zero-order valence-electron chi connectivity index (χ0n) is 10.5. The first-order valence-electron chi connectivity index (χ1n) is 6.10. The second-order valence-corrected chi connectivity index (χ2v) is 4.93. The number of rotatable bonds is 8.